The molecule has 0 spiro atoms. The summed E-state index contributed by atoms with van der Waals surface area (Å²) in [5.74, 6) is 1.77. The van der Waals surface area contributed by atoms with E-state index in [2.05, 4.69) is 29.4 Å². The quantitative estimate of drug-likeness (QED) is 0.838. The summed E-state index contributed by atoms with van der Waals surface area (Å²) >= 11 is 0. The van der Waals surface area contributed by atoms with Crippen LogP contribution in [0.2, 0.25) is 0 Å². The fraction of sp³-hybridized carbons (Fsp3) is 0.643. The van der Waals surface area contributed by atoms with E-state index >= 15 is 0 Å². The molecule has 0 aliphatic heterocycles. The van der Waals surface area contributed by atoms with Crippen LogP contribution in [-0.2, 0) is 0 Å². The van der Waals surface area contributed by atoms with Crippen LogP contribution in [0.4, 0.5) is 5.69 Å². The summed E-state index contributed by atoms with van der Waals surface area (Å²) in [5.41, 5.74) is 2.30. The first kappa shape index (κ1) is 11.4. The Hall–Kier alpha value is -1.05. The van der Waals surface area contributed by atoms with Gasteiger partial charge >= 0.3 is 0 Å². The Kier molecular flexibility index (Phi) is 3.81. The largest absolute Gasteiger partial charge is 0.385 e. The maximum absolute atomic E-state index is 4.21. The van der Waals surface area contributed by atoms with Crippen LogP contribution in [-0.4, -0.2) is 11.5 Å². The predicted molar refractivity (Wildman–Crippen MR) is 68.6 cm³/mol. The zero-order valence-corrected chi connectivity index (χ0v) is 10.4. The second kappa shape index (κ2) is 5.33. The van der Waals surface area contributed by atoms with E-state index in [-0.39, 0.29) is 0 Å². The second-order valence-electron chi connectivity index (χ2n) is 5.20. The second-order valence-corrected chi connectivity index (χ2v) is 5.20. The van der Waals surface area contributed by atoms with E-state index in [0.29, 0.717) is 0 Å². The lowest BCUT2D eigenvalue weighted by Crippen LogP contribution is -2.21. The molecule has 1 saturated carbocycles. The molecule has 0 radical (unpaired) electrons. The predicted octanol–water partition coefficient (Wildman–Crippen LogP) is 3.63. The minimum absolute atomic E-state index is 0.859. The van der Waals surface area contributed by atoms with E-state index in [1.165, 1.54) is 31.4 Å². The molecule has 1 N–H and O–H groups in total. The van der Waals surface area contributed by atoms with Gasteiger partial charge in [0.05, 0.1) is 0 Å². The van der Waals surface area contributed by atoms with Crippen LogP contribution in [0, 0.1) is 18.8 Å². The first-order valence-electron chi connectivity index (χ1n) is 6.40. The Morgan fingerprint density at radius 2 is 2.31 bits per heavy atom. The number of anilines is 1. The van der Waals surface area contributed by atoms with E-state index in [4.69, 9.17) is 0 Å². The van der Waals surface area contributed by atoms with Crippen molar-refractivity contribution in [3.63, 3.8) is 0 Å². The molecule has 2 atom stereocenters. The molecule has 2 heteroatoms. The number of rotatable bonds is 3. The molecule has 2 nitrogen and oxygen atoms in total. The number of hydrogen-bond donors (Lipinski definition) is 1. The van der Waals surface area contributed by atoms with Gasteiger partial charge in [-0.05, 0) is 43.7 Å². The molecule has 1 aromatic rings. The van der Waals surface area contributed by atoms with Gasteiger partial charge in [-0.2, -0.15) is 0 Å². The zero-order valence-electron chi connectivity index (χ0n) is 10.4. The van der Waals surface area contributed by atoms with Crippen LogP contribution >= 0.6 is 0 Å². The van der Waals surface area contributed by atoms with Crippen LogP contribution in [0.25, 0.3) is 0 Å². The number of pyridine rings is 1. The lowest BCUT2D eigenvalue weighted by Gasteiger charge is -2.27. The molecule has 2 rings (SSSR count). The minimum Gasteiger partial charge on any atom is -0.385 e. The summed E-state index contributed by atoms with van der Waals surface area (Å²) < 4.78 is 0. The smallest absolute Gasteiger partial charge is 0.0393 e. The van der Waals surface area contributed by atoms with Crippen LogP contribution in [0.15, 0.2) is 18.3 Å². The molecule has 2 unspecified atom stereocenters. The standard InChI is InChI=1S/C14H22N2/c1-11-4-3-5-13(8-11)10-16-14-6-7-15-12(2)9-14/h6-7,9,11,13H,3-5,8,10H2,1-2H3,(H,15,16). The highest BCUT2D eigenvalue weighted by Crippen LogP contribution is 2.28. The summed E-state index contributed by atoms with van der Waals surface area (Å²) in [6.07, 6.45) is 7.48. The highest BCUT2D eigenvalue weighted by atomic mass is 14.9. The van der Waals surface area contributed by atoms with Gasteiger partial charge in [0.25, 0.3) is 0 Å². The van der Waals surface area contributed by atoms with E-state index < -0.39 is 0 Å². The Morgan fingerprint density at radius 1 is 1.44 bits per heavy atom. The Balaban J connectivity index is 1.82. The summed E-state index contributed by atoms with van der Waals surface area (Å²) in [5, 5.41) is 3.54. The molecule has 16 heavy (non-hydrogen) atoms. The maximum Gasteiger partial charge on any atom is 0.0393 e. The Labute approximate surface area is 98.5 Å². The van der Waals surface area contributed by atoms with Crippen molar-refractivity contribution < 1.29 is 0 Å². The average Bonchev–Trinajstić information content (AvgIpc) is 2.27. The van der Waals surface area contributed by atoms with Crippen LogP contribution in [0.5, 0.6) is 0 Å². The molecule has 1 aliphatic carbocycles. The average molecular weight is 218 g/mol. The molecule has 0 saturated heterocycles. The number of nitrogens with one attached hydrogen (secondary N) is 1. The van der Waals surface area contributed by atoms with Gasteiger partial charge in [-0.1, -0.05) is 19.8 Å². The SMILES string of the molecule is Cc1cc(NCC2CCCC(C)C2)ccn1. The fourth-order valence-electron chi connectivity index (χ4n) is 2.66. The summed E-state index contributed by atoms with van der Waals surface area (Å²) in [6.45, 7) is 5.53. The first-order valence-corrected chi connectivity index (χ1v) is 6.40. The van der Waals surface area contributed by atoms with Crippen LogP contribution in [0.3, 0.4) is 0 Å². The van der Waals surface area contributed by atoms with Gasteiger partial charge in [-0.15, -0.1) is 0 Å². The van der Waals surface area contributed by atoms with Crippen molar-refractivity contribution in [2.75, 3.05) is 11.9 Å². The summed E-state index contributed by atoms with van der Waals surface area (Å²) in [6, 6.07) is 4.17. The molecule has 0 bridgehead atoms. The van der Waals surface area contributed by atoms with Gasteiger partial charge in [0, 0.05) is 24.1 Å². The lowest BCUT2D eigenvalue weighted by atomic mass is 9.82. The van der Waals surface area contributed by atoms with Gasteiger partial charge in [0.15, 0.2) is 0 Å². The van der Waals surface area contributed by atoms with E-state index in [1.54, 1.807) is 0 Å². The molecule has 1 aliphatic rings. The van der Waals surface area contributed by atoms with E-state index in [1.807, 2.05) is 13.1 Å². The van der Waals surface area contributed by atoms with Crippen molar-refractivity contribution in [2.24, 2.45) is 11.8 Å². The first-order chi connectivity index (χ1) is 7.74. The zero-order chi connectivity index (χ0) is 11.4. The van der Waals surface area contributed by atoms with Gasteiger partial charge < -0.3 is 5.32 Å². The van der Waals surface area contributed by atoms with Crippen molar-refractivity contribution in [3.05, 3.63) is 24.0 Å². The number of aromatic nitrogens is 1. The van der Waals surface area contributed by atoms with E-state index in [9.17, 15) is 0 Å². The van der Waals surface area contributed by atoms with Crippen molar-refractivity contribution >= 4 is 5.69 Å². The molecular formula is C14H22N2. The molecule has 88 valence electrons. The Bertz CT molecular complexity index is 335. The van der Waals surface area contributed by atoms with Gasteiger partial charge in [0.2, 0.25) is 0 Å². The van der Waals surface area contributed by atoms with Crippen molar-refractivity contribution in [1.82, 2.24) is 4.98 Å². The third kappa shape index (κ3) is 3.22. The maximum atomic E-state index is 4.21. The van der Waals surface area contributed by atoms with Crippen molar-refractivity contribution in [1.29, 1.82) is 0 Å². The molecule has 1 fully saturated rings. The lowest BCUT2D eigenvalue weighted by molar-refractivity contribution is 0.293. The van der Waals surface area contributed by atoms with Gasteiger partial charge in [-0.25, -0.2) is 0 Å². The molecule has 0 amide bonds. The minimum atomic E-state index is 0.859. The molecular weight excluding hydrogens is 196 g/mol. The van der Waals surface area contributed by atoms with Crippen LogP contribution < -0.4 is 5.32 Å². The highest BCUT2D eigenvalue weighted by molar-refractivity contribution is 5.42. The molecule has 1 aromatic heterocycles. The monoisotopic (exact) mass is 218 g/mol. The highest BCUT2D eigenvalue weighted by Gasteiger charge is 2.18. The van der Waals surface area contributed by atoms with Gasteiger partial charge in [0.1, 0.15) is 0 Å². The topological polar surface area (TPSA) is 24.9 Å². The fourth-order valence-corrected chi connectivity index (χ4v) is 2.66. The van der Waals surface area contributed by atoms with E-state index in [0.717, 1.165) is 24.1 Å². The third-order valence-corrected chi connectivity index (χ3v) is 3.54. The molecule has 0 aromatic carbocycles. The Morgan fingerprint density at radius 3 is 3.06 bits per heavy atom. The molecule has 1 heterocycles. The third-order valence-electron chi connectivity index (χ3n) is 3.54. The van der Waals surface area contributed by atoms with Crippen LogP contribution in [0.1, 0.15) is 38.3 Å². The summed E-state index contributed by atoms with van der Waals surface area (Å²) in [4.78, 5) is 4.21. The van der Waals surface area contributed by atoms with Gasteiger partial charge in [-0.3, -0.25) is 4.98 Å². The van der Waals surface area contributed by atoms with Crippen molar-refractivity contribution in [2.45, 2.75) is 39.5 Å². The van der Waals surface area contributed by atoms with Crippen molar-refractivity contribution in [3.8, 4) is 0 Å². The summed E-state index contributed by atoms with van der Waals surface area (Å²) in [7, 11) is 0. The number of nitrogens with zero attached hydrogens (tertiary/aromatic N) is 1. The number of hydrogen-bond acceptors (Lipinski definition) is 2. The number of aryl methyl sites for hydroxylation is 1. The normalized spacial score (nSPS) is 25.4.